The van der Waals surface area contributed by atoms with Crippen molar-refractivity contribution in [3.8, 4) is 17.2 Å². The normalized spacial score (nSPS) is 10.3. The molecule has 26 heavy (non-hydrogen) atoms. The van der Waals surface area contributed by atoms with Gasteiger partial charge in [0.25, 0.3) is 0 Å². The third kappa shape index (κ3) is 4.97. The van der Waals surface area contributed by atoms with E-state index in [1.54, 1.807) is 42.5 Å². The van der Waals surface area contributed by atoms with Gasteiger partial charge in [0.15, 0.2) is 0 Å². The van der Waals surface area contributed by atoms with Crippen molar-refractivity contribution in [3.63, 3.8) is 0 Å². The Morgan fingerprint density at radius 3 is 2.35 bits per heavy atom. The van der Waals surface area contributed by atoms with Crippen LogP contribution in [0, 0.1) is 0 Å². The number of hydrogen-bond donors (Lipinski definition) is 2. The van der Waals surface area contributed by atoms with Crippen LogP contribution < -0.4 is 25.0 Å². The largest absolute Gasteiger partial charge is 0.497 e. The van der Waals surface area contributed by atoms with Gasteiger partial charge in [0.1, 0.15) is 17.2 Å². The van der Waals surface area contributed by atoms with Crippen LogP contribution in [-0.4, -0.2) is 39.4 Å². The van der Waals surface area contributed by atoms with Crippen LogP contribution in [0.15, 0.2) is 47.6 Å². The molecule has 0 heterocycles. The van der Waals surface area contributed by atoms with E-state index in [4.69, 9.17) is 14.2 Å². The van der Waals surface area contributed by atoms with E-state index in [1.165, 1.54) is 27.5 Å². The third-order valence-electron chi connectivity index (χ3n) is 3.34. The number of methoxy groups -OCH3 is 3. The number of nitrogens with zero attached hydrogens (tertiary/aromatic N) is 1. The summed E-state index contributed by atoms with van der Waals surface area (Å²) >= 11 is 0. The number of hydrogen-bond acceptors (Lipinski definition) is 6. The molecule has 0 fully saturated rings. The predicted octanol–water partition coefficient (Wildman–Crippen LogP) is 1.80. The van der Waals surface area contributed by atoms with E-state index in [9.17, 15) is 9.59 Å². The van der Waals surface area contributed by atoms with Crippen molar-refractivity contribution in [2.24, 2.45) is 5.10 Å². The van der Waals surface area contributed by atoms with Crippen molar-refractivity contribution in [2.45, 2.75) is 0 Å². The first-order chi connectivity index (χ1) is 12.6. The number of rotatable bonds is 6. The lowest BCUT2D eigenvalue weighted by Crippen LogP contribution is -2.32. The van der Waals surface area contributed by atoms with Crippen LogP contribution in [0.5, 0.6) is 17.2 Å². The molecule has 2 aromatic rings. The van der Waals surface area contributed by atoms with Crippen LogP contribution in [0.3, 0.4) is 0 Å². The fourth-order valence-electron chi connectivity index (χ4n) is 2.04. The summed E-state index contributed by atoms with van der Waals surface area (Å²) in [7, 11) is 4.56. The lowest BCUT2D eigenvalue weighted by Gasteiger charge is -2.07. The SMILES string of the molecule is COc1cccc(NC(=O)C(=O)N/N=C\c2cc(OC)ccc2OC)c1. The summed E-state index contributed by atoms with van der Waals surface area (Å²) in [6.07, 6.45) is 1.36. The smallest absolute Gasteiger partial charge is 0.329 e. The minimum absolute atomic E-state index is 0.433. The molecule has 2 aromatic carbocycles. The lowest BCUT2D eigenvalue weighted by atomic mass is 10.2. The molecule has 0 bridgehead atoms. The average molecular weight is 357 g/mol. The zero-order valence-corrected chi connectivity index (χ0v) is 14.6. The summed E-state index contributed by atoms with van der Waals surface area (Å²) in [5.74, 6) is -0.0516. The number of hydrazone groups is 1. The number of benzene rings is 2. The molecule has 8 nitrogen and oxygen atoms in total. The Kier molecular flexibility index (Phi) is 6.55. The second kappa shape index (κ2) is 9.07. The summed E-state index contributed by atoms with van der Waals surface area (Å²) in [6, 6.07) is 11.8. The Morgan fingerprint density at radius 2 is 1.65 bits per heavy atom. The summed E-state index contributed by atoms with van der Waals surface area (Å²) in [4.78, 5) is 23.7. The molecule has 8 heteroatoms. The van der Waals surface area contributed by atoms with E-state index < -0.39 is 11.8 Å². The van der Waals surface area contributed by atoms with Crippen LogP contribution in [-0.2, 0) is 9.59 Å². The Hall–Kier alpha value is -3.55. The Balaban J connectivity index is 1.99. The van der Waals surface area contributed by atoms with Crippen molar-refractivity contribution in [1.82, 2.24) is 5.43 Å². The quantitative estimate of drug-likeness (QED) is 0.467. The third-order valence-corrected chi connectivity index (χ3v) is 3.34. The monoisotopic (exact) mass is 357 g/mol. The predicted molar refractivity (Wildman–Crippen MR) is 96.9 cm³/mol. The topological polar surface area (TPSA) is 98.2 Å². The molecule has 0 spiro atoms. The number of amides is 2. The molecule has 0 aliphatic rings. The van der Waals surface area contributed by atoms with Crippen LogP contribution in [0.25, 0.3) is 0 Å². The zero-order valence-electron chi connectivity index (χ0n) is 14.6. The molecule has 2 N–H and O–H groups in total. The van der Waals surface area contributed by atoms with E-state index >= 15 is 0 Å². The van der Waals surface area contributed by atoms with E-state index in [0.717, 1.165) is 0 Å². The first-order valence-corrected chi connectivity index (χ1v) is 7.58. The van der Waals surface area contributed by atoms with Gasteiger partial charge < -0.3 is 19.5 Å². The highest BCUT2D eigenvalue weighted by Crippen LogP contribution is 2.22. The minimum atomic E-state index is -0.911. The fraction of sp³-hybridized carbons (Fsp3) is 0.167. The van der Waals surface area contributed by atoms with E-state index in [2.05, 4.69) is 15.8 Å². The number of anilines is 1. The van der Waals surface area contributed by atoms with E-state index in [1.807, 2.05) is 0 Å². The molecule has 0 aliphatic carbocycles. The molecular formula is C18H19N3O5. The van der Waals surface area contributed by atoms with Crippen molar-refractivity contribution in [1.29, 1.82) is 0 Å². The molecule has 0 atom stereocenters. The van der Waals surface area contributed by atoms with Crippen molar-refractivity contribution in [2.75, 3.05) is 26.6 Å². The molecular weight excluding hydrogens is 338 g/mol. The molecule has 0 aromatic heterocycles. The number of nitrogens with one attached hydrogen (secondary N) is 2. The van der Waals surface area contributed by atoms with Crippen LogP contribution >= 0.6 is 0 Å². The molecule has 0 saturated carbocycles. The van der Waals surface area contributed by atoms with Crippen LogP contribution in [0.1, 0.15) is 5.56 Å². The average Bonchev–Trinajstić information content (AvgIpc) is 2.67. The van der Waals surface area contributed by atoms with Gasteiger partial charge in [-0.15, -0.1) is 0 Å². The van der Waals surface area contributed by atoms with Gasteiger partial charge in [0, 0.05) is 17.3 Å². The fourth-order valence-corrected chi connectivity index (χ4v) is 2.04. The van der Waals surface area contributed by atoms with Gasteiger partial charge in [-0.3, -0.25) is 9.59 Å². The zero-order chi connectivity index (χ0) is 18.9. The summed E-state index contributed by atoms with van der Waals surface area (Å²) in [5.41, 5.74) is 3.18. The second-order valence-electron chi connectivity index (χ2n) is 4.99. The minimum Gasteiger partial charge on any atom is -0.497 e. The highest BCUT2D eigenvalue weighted by molar-refractivity contribution is 6.39. The Labute approximate surface area is 150 Å². The maximum atomic E-state index is 11.9. The van der Waals surface area contributed by atoms with Gasteiger partial charge in [0.05, 0.1) is 27.5 Å². The molecule has 0 unspecified atom stereocenters. The van der Waals surface area contributed by atoms with E-state index in [-0.39, 0.29) is 0 Å². The highest BCUT2D eigenvalue weighted by Gasteiger charge is 2.13. The van der Waals surface area contributed by atoms with Gasteiger partial charge in [-0.05, 0) is 30.3 Å². The van der Waals surface area contributed by atoms with Gasteiger partial charge in [0.2, 0.25) is 0 Å². The Morgan fingerprint density at radius 1 is 0.923 bits per heavy atom. The van der Waals surface area contributed by atoms with Crippen molar-refractivity contribution in [3.05, 3.63) is 48.0 Å². The molecule has 136 valence electrons. The summed E-state index contributed by atoms with van der Waals surface area (Å²) < 4.78 is 15.4. The van der Waals surface area contributed by atoms with Crippen molar-refractivity contribution < 1.29 is 23.8 Å². The van der Waals surface area contributed by atoms with Gasteiger partial charge in [-0.2, -0.15) is 5.10 Å². The first-order valence-electron chi connectivity index (χ1n) is 7.58. The van der Waals surface area contributed by atoms with Crippen LogP contribution in [0.4, 0.5) is 5.69 Å². The Bertz CT molecular complexity index is 820. The molecule has 0 radical (unpaired) electrons. The van der Waals surface area contributed by atoms with Gasteiger partial charge >= 0.3 is 11.8 Å². The van der Waals surface area contributed by atoms with E-state index in [0.29, 0.717) is 28.5 Å². The van der Waals surface area contributed by atoms with Crippen molar-refractivity contribution >= 4 is 23.7 Å². The first kappa shape index (κ1) is 18.8. The maximum Gasteiger partial charge on any atom is 0.329 e. The van der Waals surface area contributed by atoms with Crippen LogP contribution in [0.2, 0.25) is 0 Å². The number of carbonyl (C=O) groups excluding carboxylic acids is 2. The standard InChI is InChI=1S/C18H19N3O5/c1-24-14-6-4-5-13(10-14)20-17(22)18(23)21-19-11-12-9-15(25-2)7-8-16(12)26-3/h4-11H,1-3H3,(H,20,22)(H,21,23)/b19-11-. The lowest BCUT2D eigenvalue weighted by molar-refractivity contribution is -0.136. The molecule has 2 rings (SSSR count). The highest BCUT2D eigenvalue weighted by atomic mass is 16.5. The number of ether oxygens (including phenoxy) is 3. The molecule has 2 amide bonds. The molecule has 0 aliphatic heterocycles. The van der Waals surface area contributed by atoms with Gasteiger partial charge in [-0.25, -0.2) is 5.43 Å². The maximum absolute atomic E-state index is 11.9. The summed E-state index contributed by atoms with van der Waals surface area (Å²) in [6.45, 7) is 0. The van der Waals surface area contributed by atoms with Gasteiger partial charge in [-0.1, -0.05) is 6.07 Å². The molecule has 0 saturated heterocycles. The number of carbonyl (C=O) groups is 2. The second-order valence-corrected chi connectivity index (χ2v) is 4.99. The summed E-state index contributed by atoms with van der Waals surface area (Å²) in [5, 5.41) is 6.23.